The predicted octanol–water partition coefficient (Wildman–Crippen LogP) is 2.78. The molecule has 0 bridgehead atoms. The Hall–Kier alpha value is -1.33. The van der Waals surface area contributed by atoms with Gasteiger partial charge < -0.3 is 5.11 Å². The minimum absolute atomic E-state index is 0.0885. The van der Waals surface area contributed by atoms with Crippen molar-refractivity contribution >= 4 is 11.8 Å². The van der Waals surface area contributed by atoms with Gasteiger partial charge in [-0.15, -0.1) is 16.9 Å². The number of hydrogen-bond acceptors (Lipinski definition) is 4. The molecule has 2 aromatic rings. The van der Waals surface area contributed by atoms with E-state index in [2.05, 4.69) is 43.2 Å². The first-order valence-corrected chi connectivity index (χ1v) is 7.40. The van der Waals surface area contributed by atoms with Gasteiger partial charge in [0.25, 0.3) is 0 Å². The number of hydrogen-bond donors (Lipinski definition) is 1. The van der Waals surface area contributed by atoms with Gasteiger partial charge in [0.1, 0.15) is 5.69 Å². The fourth-order valence-corrected chi connectivity index (χ4v) is 2.55. The van der Waals surface area contributed by atoms with Crippen LogP contribution in [0.25, 0.3) is 5.69 Å². The Kier molecular flexibility index (Phi) is 3.96. The van der Waals surface area contributed by atoms with E-state index >= 15 is 0 Å². The highest BCUT2D eigenvalue weighted by Gasteiger charge is 2.25. The molecule has 4 nitrogen and oxygen atoms in total. The standard InChI is InChI=1S/C14H19N3OS/c1-14(2,3)13-12(9-18)15-16-17(13)10-6-5-7-11(8-10)19-4/h5-8,18H,9H2,1-4H3. The van der Waals surface area contributed by atoms with Gasteiger partial charge in [-0.3, -0.25) is 0 Å². The second-order valence-electron chi connectivity index (χ2n) is 5.41. The summed E-state index contributed by atoms with van der Waals surface area (Å²) in [6.45, 7) is 6.20. The van der Waals surface area contributed by atoms with Gasteiger partial charge in [-0.05, 0) is 24.5 Å². The van der Waals surface area contributed by atoms with Crippen molar-refractivity contribution in [1.82, 2.24) is 15.0 Å². The maximum atomic E-state index is 9.42. The lowest BCUT2D eigenvalue weighted by molar-refractivity contribution is 0.273. The molecule has 0 fully saturated rings. The molecule has 0 radical (unpaired) electrons. The monoisotopic (exact) mass is 277 g/mol. The Morgan fingerprint density at radius 1 is 1.32 bits per heavy atom. The van der Waals surface area contributed by atoms with Gasteiger partial charge in [0, 0.05) is 10.3 Å². The molecular formula is C14H19N3OS. The summed E-state index contributed by atoms with van der Waals surface area (Å²) < 4.78 is 1.82. The number of aliphatic hydroxyl groups is 1. The molecule has 1 N–H and O–H groups in total. The summed E-state index contributed by atoms with van der Waals surface area (Å²) in [6.07, 6.45) is 2.05. The lowest BCUT2D eigenvalue weighted by Gasteiger charge is -2.21. The van der Waals surface area contributed by atoms with Crippen molar-refractivity contribution in [1.29, 1.82) is 0 Å². The topological polar surface area (TPSA) is 50.9 Å². The fourth-order valence-electron chi connectivity index (χ4n) is 2.09. The van der Waals surface area contributed by atoms with Crippen molar-refractivity contribution in [3.05, 3.63) is 35.7 Å². The number of aliphatic hydroxyl groups excluding tert-OH is 1. The summed E-state index contributed by atoms with van der Waals surface area (Å²) in [5, 5.41) is 17.7. The first-order chi connectivity index (χ1) is 8.97. The van der Waals surface area contributed by atoms with Crippen LogP contribution in [0.3, 0.4) is 0 Å². The van der Waals surface area contributed by atoms with Crippen molar-refractivity contribution in [3.8, 4) is 5.69 Å². The molecule has 0 saturated heterocycles. The highest BCUT2D eigenvalue weighted by atomic mass is 32.2. The lowest BCUT2D eigenvalue weighted by atomic mass is 9.90. The number of rotatable bonds is 3. The number of thioether (sulfide) groups is 1. The van der Waals surface area contributed by atoms with E-state index in [1.165, 1.54) is 4.90 Å². The van der Waals surface area contributed by atoms with Gasteiger partial charge in [0.05, 0.1) is 18.0 Å². The molecule has 1 heterocycles. The van der Waals surface area contributed by atoms with E-state index in [4.69, 9.17) is 0 Å². The van der Waals surface area contributed by atoms with Crippen molar-refractivity contribution < 1.29 is 5.11 Å². The second kappa shape index (κ2) is 5.35. The van der Waals surface area contributed by atoms with Crippen LogP contribution < -0.4 is 0 Å². The average Bonchev–Trinajstić information content (AvgIpc) is 2.82. The van der Waals surface area contributed by atoms with Gasteiger partial charge in [-0.2, -0.15) is 0 Å². The van der Waals surface area contributed by atoms with Crippen LogP contribution >= 0.6 is 11.8 Å². The molecule has 1 aromatic carbocycles. The third-order valence-electron chi connectivity index (χ3n) is 2.90. The van der Waals surface area contributed by atoms with Crippen LogP contribution in [0.15, 0.2) is 29.2 Å². The van der Waals surface area contributed by atoms with Crippen LogP contribution in [-0.4, -0.2) is 26.4 Å². The van der Waals surface area contributed by atoms with E-state index < -0.39 is 0 Å². The minimum Gasteiger partial charge on any atom is -0.390 e. The Balaban J connectivity index is 2.59. The third kappa shape index (κ3) is 2.82. The summed E-state index contributed by atoms with van der Waals surface area (Å²) in [5.74, 6) is 0. The molecule has 102 valence electrons. The van der Waals surface area contributed by atoms with Crippen LogP contribution in [0, 0.1) is 0 Å². The molecule has 0 aliphatic heterocycles. The highest BCUT2D eigenvalue weighted by Crippen LogP contribution is 2.28. The molecule has 0 atom stereocenters. The van der Waals surface area contributed by atoms with E-state index in [-0.39, 0.29) is 12.0 Å². The van der Waals surface area contributed by atoms with Crippen LogP contribution in [0.5, 0.6) is 0 Å². The maximum Gasteiger partial charge on any atom is 0.112 e. The van der Waals surface area contributed by atoms with E-state index in [1.54, 1.807) is 11.8 Å². The third-order valence-corrected chi connectivity index (χ3v) is 3.62. The number of nitrogens with zero attached hydrogens (tertiary/aromatic N) is 3. The normalized spacial score (nSPS) is 11.8. The van der Waals surface area contributed by atoms with Crippen molar-refractivity contribution in [2.45, 2.75) is 37.7 Å². The van der Waals surface area contributed by atoms with Crippen molar-refractivity contribution in [2.24, 2.45) is 0 Å². The molecule has 5 heteroatoms. The minimum atomic E-state index is -0.128. The van der Waals surface area contributed by atoms with Gasteiger partial charge in [0.2, 0.25) is 0 Å². The zero-order chi connectivity index (χ0) is 14.0. The quantitative estimate of drug-likeness (QED) is 0.877. The second-order valence-corrected chi connectivity index (χ2v) is 6.29. The molecule has 0 aliphatic rings. The Morgan fingerprint density at radius 3 is 2.63 bits per heavy atom. The first-order valence-electron chi connectivity index (χ1n) is 6.17. The number of benzene rings is 1. The van der Waals surface area contributed by atoms with Crippen LogP contribution in [0.1, 0.15) is 32.2 Å². The summed E-state index contributed by atoms with van der Waals surface area (Å²) in [6, 6.07) is 8.16. The van der Waals surface area contributed by atoms with Gasteiger partial charge in [0.15, 0.2) is 0 Å². The molecule has 0 saturated carbocycles. The average molecular weight is 277 g/mol. The molecular weight excluding hydrogens is 258 g/mol. The molecule has 19 heavy (non-hydrogen) atoms. The van der Waals surface area contributed by atoms with Crippen LogP contribution in [-0.2, 0) is 12.0 Å². The zero-order valence-corrected chi connectivity index (χ0v) is 12.5. The molecule has 2 rings (SSSR count). The smallest absolute Gasteiger partial charge is 0.112 e. The Bertz CT molecular complexity index is 572. The van der Waals surface area contributed by atoms with Crippen LogP contribution in [0.2, 0.25) is 0 Å². The number of aromatic nitrogens is 3. The maximum absolute atomic E-state index is 9.42. The molecule has 0 unspecified atom stereocenters. The zero-order valence-electron chi connectivity index (χ0n) is 11.7. The summed E-state index contributed by atoms with van der Waals surface area (Å²) in [5.41, 5.74) is 2.44. The van der Waals surface area contributed by atoms with Gasteiger partial charge >= 0.3 is 0 Å². The van der Waals surface area contributed by atoms with E-state index in [0.29, 0.717) is 5.69 Å². The summed E-state index contributed by atoms with van der Waals surface area (Å²) >= 11 is 1.69. The Morgan fingerprint density at radius 2 is 2.05 bits per heavy atom. The molecule has 0 aliphatic carbocycles. The van der Waals surface area contributed by atoms with Gasteiger partial charge in [-0.1, -0.05) is 32.1 Å². The van der Waals surface area contributed by atoms with Crippen molar-refractivity contribution in [3.63, 3.8) is 0 Å². The highest BCUT2D eigenvalue weighted by molar-refractivity contribution is 7.98. The first kappa shape index (κ1) is 14.1. The van der Waals surface area contributed by atoms with Crippen molar-refractivity contribution in [2.75, 3.05) is 6.26 Å². The molecule has 0 amide bonds. The lowest BCUT2D eigenvalue weighted by Crippen LogP contribution is -2.19. The van der Waals surface area contributed by atoms with E-state index in [9.17, 15) is 5.11 Å². The van der Waals surface area contributed by atoms with Gasteiger partial charge in [-0.25, -0.2) is 4.68 Å². The summed E-state index contributed by atoms with van der Waals surface area (Å²) in [7, 11) is 0. The van der Waals surface area contributed by atoms with Crippen LogP contribution in [0.4, 0.5) is 0 Å². The fraction of sp³-hybridized carbons (Fsp3) is 0.429. The largest absolute Gasteiger partial charge is 0.390 e. The predicted molar refractivity (Wildman–Crippen MR) is 77.8 cm³/mol. The molecule has 1 aromatic heterocycles. The van der Waals surface area contributed by atoms with E-state index in [0.717, 1.165) is 11.4 Å². The SMILES string of the molecule is CSc1cccc(-n2nnc(CO)c2C(C)(C)C)c1. The Labute approximate surface area is 117 Å². The summed E-state index contributed by atoms with van der Waals surface area (Å²) in [4.78, 5) is 1.18. The molecule has 0 spiro atoms. The van der Waals surface area contributed by atoms with E-state index in [1.807, 2.05) is 23.1 Å².